The highest BCUT2D eigenvalue weighted by Gasteiger charge is 2.15. The van der Waals surface area contributed by atoms with Crippen molar-refractivity contribution in [2.45, 2.75) is 40.8 Å². The molecule has 0 atom stereocenters. The van der Waals surface area contributed by atoms with Gasteiger partial charge in [-0.3, -0.25) is 9.59 Å². The van der Waals surface area contributed by atoms with Crippen LogP contribution < -0.4 is 15.4 Å². The van der Waals surface area contributed by atoms with Gasteiger partial charge in [-0.1, -0.05) is 30.3 Å². The lowest BCUT2D eigenvalue weighted by atomic mass is 9.94. The number of hydrogen-bond acceptors (Lipinski definition) is 6. The molecule has 8 heteroatoms. The molecule has 42 heavy (non-hydrogen) atoms. The number of fused-ring (bicyclic) bond motifs is 1. The maximum Gasteiger partial charge on any atom is 0.244 e. The Morgan fingerprint density at radius 1 is 0.976 bits per heavy atom. The number of para-hydroxylation sites is 1. The molecule has 5 aromatic rings. The minimum Gasteiger partial charge on any atom is -0.487 e. The summed E-state index contributed by atoms with van der Waals surface area (Å²) in [7, 11) is 0. The first-order chi connectivity index (χ1) is 20.3. The van der Waals surface area contributed by atoms with Crippen molar-refractivity contribution in [2.24, 2.45) is 0 Å². The van der Waals surface area contributed by atoms with Gasteiger partial charge in [-0.2, -0.15) is 0 Å². The van der Waals surface area contributed by atoms with E-state index in [0.717, 1.165) is 60.6 Å². The third kappa shape index (κ3) is 6.72. The minimum absolute atomic E-state index is 0.183. The molecule has 0 spiro atoms. The molecule has 0 unspecified atom stereocenters. The van der Waals surface area contributed by atoms with Gasteiger partial charge in [-0.05, 0) is 95.9 Å². The number of anilines is 1. The number of rotatable bonds is 9. The number of nitrogens with zero attached hydrogens (tertiary/aromatic N) is 2. The van der Waals surface area contributed by atoms with Crippen molar-refractivity contribution < 1.29 is 14.3 Å². The number of hydrogen-bond donors (Lipinski definition) is 2. The van der Waals surface area contributed by atoms with Crippen molar-refractivity contribution in [2.75, 3.05) is 5.32 Å². The number of thiophene rings is 1. The molecule has 2 N–H and O–H groups in total. The van der Waals surface area contributed by atoms with Crippen molar-refractivity contribution in [1.29, 1.82) is 0 Å². The molecular formula is C34H32N4O3S. The van der Waals surface area contributed by atoms with E-state index in [2.05, 4.69) is 59.1 Å². The van der Waals surface area contributed by atoms with E-state index in [1.54, 1.807) is 35.7 Å². The normalized spacial score (nSPS) is 11.1. The monoisotopic (exact) mass is 576 g/mol. The fourth-order valence-electron chi connectivity index (χ4n) is 4.76. The van der Waals surface area contributed by atoms with E-state index in [0.29, 0.717) is 19.0 Å². The van der Waals surface area contributed by atoms with Crippen LogP contribution in [0.25, 0.3) is 28.1 Å². The number of ether oxygens (including phenoxy) is 1. The maximum absolute atomic E-state index is 12.6. The number of carbonyl (C=O) groups is 2. The average Bonchev–Trinajstić information content (AvgIpc) is 3.44. The molecule has 2 aromatic carbocycles. The quantitative estimate of drug-likeness (QED) is 0.182. The van der Waals surface area contributed by atoms with E-state index in [4.69, 9.17) is 9.72 Å². The zero-order valence-corrected chi connectivity index (χ0v) is 24.8. The average molecular weight is 577 g/mol. The summed E-state index contributed by atoms with van der Waals surface area (Å²) >= 11 is 1.62. The van der Waals surface area contributed by atoms with Crippen LogP contribution in [0.2, 0.25) is 0 Å². The van der Waals surface area contributed by atoms with Crippen LogP contribution in [0, 0.1) is 20.8 Å². The predicted octanol–water partition coefficient (Wildman–Crippen LogP) is 7.15. The number of aromatic nitrogens is 2. The summed E-state index contributed by atoms with van der Waals surface area (Å²) in [6.45, 7) is 8.49. The van der Waals surface area contributed by atoms with Crippen molar-refractivity contribution in [3.63, 3.8) is 0 Å². The van der Waals surface area contributed by atoms with Gasteiger partial charge in [-0.25, -0.2) is 9.97 Å². The summed E-state index contributed by atoms with van der Waals surface area (Å²) in [5.74, 6) is 0.855. The number of aryl methyl sites for hydroxylation is 2. The second-order valence-electron chi connectivity index (χ2n) is 10.1. The number of carbonyl (C=O) groups excluding carboxylic acids is 2. The lowest BCUT2D eigenvalue weighted by Crippen LogP contribution is -2.20. The van der Waals surface area contributed by atoms with Crippen molar-refractivity contribution in [3.05, 3.63) is 111 Å². The smallest absolute Gasteiger partial charge is 0.244 e. The van der Waals surface area contributed by atoms with Gasteiger partial charge in [0.2, 0.25) is 11.8 Å². The Hall–Kier alpha value is -4.82. The molecule has 3 aromatic heterocycles. The van der Waals surface area contributed by atoms with E-state index < -0.39 is 0 Å². The van der Waals surface area contributed by atoms with Crippen LogP contribution in [-0.2, 0) is 22.7 Å². The van der Waals surface area contributed by atoms with Crippen LogP contribution in [0.3, 0.4) is 0 Å². The van der Waals surface area contributed by atoms with Crippen LogP contribution in [0.1, 0.15) is 39.7 Å². The Balaban J connectivity index is 1.27. The van der Waals surface area contributed by atoms with Gasteiger partial charge in [0.15, 0.2) is 0 Å². The Labute approximate surface area is 249 Å². The van der Waals surface area contributed by atoms with Gasteiger partial charge in [0.05, 0.1) is 6.54 Å². The summed E-state index contributed by atoms with van der Waals surface area (Å²) in [5, 5.41) is 8.72. The molecule has 0 aliphatic carbocycles. The van der Waals surface area contributed by atoms with Crippen LogP contribution in [0.5, 0.6) is 5.75 Å². The first-order valence-corrected chi connectivity index (χ1v) is 14.5. The van der Waals surface area contributed by atoms with Crippen LogP contribution in [-0.4, -0.2) is 21.8 Å². The molecular weight excluding hydrogens is 544 g/mol. The lowest BCUT2D eigenvalue weighted by Gasteiger charge is -2.17. The van der Waals surface area contributed by atoms with Gasteiger partial charge in [0, 0.05) is 35.2 Å². The second-order valence-corrected chi connectivity index (χ2v) is 11.1. The molecule has 5 rings (SSSR count). The number of pyridine rings is 2. The molecule has 0 aliphatic rings. The minimum atomic E-state index is -0.200. The molecule has 7 nitrogen and oxygen atoms in total. The summed E-state index contributed by atoms with van der Waals surface area (Å²) in [6.07, 6.45) is 4.78. The second kappa shape index (κ2) is 12.8. The third-order valence-corrected chi connectivity index (χ3v) is 7.92. The van der Waals surface area contributed by atoms with Gasteiger partial charge in [0.25, 0.3) is 0 Å². The van der Waals surface area contributed by atoms with E-state index in [1.165, 1.54) is 13.0 Å². The predicted molar refractivity (Wildman–Crippen MR) is 169 cm³/mol. The molecule has 0 bridgehead atoms. The van der Waals surface area contributed by atoms with Crippen LogP contribution in [0.4, 0.5) is 5.82 Å². The summed E-state index contributed by atoms with van der Waals surface area (Å²) in [5.41, 5.74) is 8.26. The van der Waals surface area contributed by atoms with Crippen molar-refractivity contribution in [3.8, 4) is 16.9 Å². The molecule has 2 amide bonds. The number of benzene rings is 2. The van der Waals surface area contributed by atoms with Crippen LogP contribution >= 0.6 is 11.3 Å². The zero-order valence-electron chi connectivity index (χ0n) is 24.0. The van der Waals surface area contributed by atoms with Crippen molar-refractivity contribution in [1.82, 2.24) is 15.3 Å². The van der Waals surface area contributed by atoms with Gasteiger partial charge >= 0.3 is 0 Å². The molecule has 0 fully saturated rings. The lowest BCUT2D eigenvalue weighted by molar-refractivity contribution is -0.116. The fourth-order valence-corrected chi connectivity index (χ4v) is 5.59. The SMILES string of the molecule is CC(=O)Nc1ccc(/C=C/C(=O)NCc2sccc2-c2ccc(C)c(COc3cccc4ccc(C)nc34)c2C)cn1. The molecule has 3 heterocycles. The molecule has 0 radical (unpaired) electrons. The number of amides is 2. The van der Waals surface area contributed by atoms with Crippen LogP contribution in [0.15, 0.2) is 78.3 Å². The largest absolute Gasteiger partial charge is 0.487 e. The standard InChI is InChI=1S/C34H32N4O3S/c1-21-8-13-27(23(3)29(21)20-41-30-7-5-6-26-12-9-22(2)37-34(26)30)28-16-17-42-31(28)19-36-33(40)15-11-25-10-14-32(35-18-25)38-24(4)39/h5-18H,19-20H2,1-4H3,(H,36,40)(H,35,38,39)/b15-11+. The number of nitrogens with one attached hydrogen (secondary N) is 2. The highest BCUT2D eigenvalue weighted by molar-refractivity contribution is 7.10. The molecule has 212 valence electrons. The molecule has 0 saturated carbocycles. The maximum atomic E-state index is 12.6. The zero-order chi connectivity index (χ0) is 29.6. The highest BCUT2D eigenvalue weighted by Crippen LogP contribution is 2.34. The summed E-state index contributed by atoms with van der Waals surface area (Å²) in [4.78, 5) is 33.7. The van der Waals surface area contributed by atoms with E-state index in [9.17, 15) is 9.59 Å². The Bertz CT molecular complexity index is 1790. The van der Waals surface area contributed by atoms with E-state index >= 15 is 0 Å². The Morgan fingerprint density at radius 3 is 2.62 bits per heavy atom. The third-order valence-electron chi connectivity index (χ3n) is 7.00. The summed E-state index contributed by atoms with van der Waals surface area (Å²) < 4.78 is 6.34. The van der Waals surface area contributed by atoms with Gasteiger partial charge in [-0.15, -0.1) is 11.3 Å². The molecule has 0 aliphatic heterocycles. The van der Waals surface area contributed by atoms with E-state index in [-0.39, 0.29) is 11.8 Å². The Morgan fingerprint density at radius 2 is 1.83 bits per heavy atom. The topological polar surface area (TPSA) is 93.2 Å². The van der Waals surface area contributed by atoms with Gasteiger partial charge < -0.3 is 15.4 Å². The Kier molecular flexibility index (Phi) is 8.74. The summed E-state index contributed by atoms with van der Waals surface area (Å²) in [6, 6.07) is 19.9. The fraction of sp³-hybridized carbons (Fsp3) is 0.176. The highest BCUT2D eigenvalue weighted by atomic mass is 32.1. The van der Waals surface area contributed by atoms with E-state index in [1.807, 2.05) is 31.2 Å². The van der Waals surface area contributed by atoms with Gasteiger partial charge in [0.1, 0.15) is 23.7 Å². The first kappa shape index (κ1) is 28.7. The first-order valence-electron chi connectivity index (χ1n) is 13.6. The van der Waals surface area contributed by atoms with Crippen molar-refractivity contribution >= 4 is 45.9 Å². The molecule has 0 saturated heterocycles.